The highest BCUT2D eigenvalue weighted by atomic mass is 19.4. The summed E-state index contributed by atoms with van der Waals surface area (Å²) >= 11 is 0. The summed E-state index contributed by atoms with van der Waals surface area (Å²) in [6.45, 7) is -0.123. The van der Waals surface area contributed by atoms with E-state index in [4.69, 9.17) is 0 Å². The van der Waals surface area contributed by atoms with Crippen molar-refractivity contribution in [1.82, 2.24) is 20.5 Å². The van der Waals surface area contributed by atoms with Crippen LogP contribution in [-0.4, -0.2) is 34.7 Å². The van der Waals surface area contributed by atoms with Gasteiger partial charge in [0.1, 0.15) is 12.6 Å². The minimum atomic E-state index is -4.65. The molecule has 0 fully saturated rings. The van der Waals surface area contributed by atoms with E-state index in [0.29, 0.717) is 16.0 Å². The zero-order valence-corrected chi connectivity index (χ0v) is 15.7. The van der Waals surface area contributed by atoms with Crippen LogP contribution >= 0.6 is 0 Å². The number of carbonyl (C=O) groups is 2. The van der Waals surface area contributed by atoms with Crippen LogP contribution in [0.4, 0.5) is 22.8 Å². The molecule has 0 bridgehead atoms. The molecule has 1 aromatic carbocycles. The number of nitrogens with one attached hydrogen (secondary N) is 2. The monoisotopic (exact) mass is 415 g/mol. The number of alkyl halides is 3. The number of amides is 4. The minimum absolute atomic E-state index is 0.0418. The number of nitrogens with zero attached hydrogens (tertiary/aromatic N) is 3. The van der Waals surface area contributed by atoms with E-state index in [1.165, 1.54) is 6.92 Å². The number of urea groups is 2. The molecular weight excluding hydrogens is 399 g/mol. The number of imide groups is 1. The molecule has 0 saturated heterocycles. The highest BCUT2D eigenvalue weighted by Gasteiger charge is 2.40. The van der Waals surface area contributed by atoms with Gasteiger partial charge in [-0.2, -0.15) is 18.4 Å². The summed E-state index contributed by atoms with van der Waals surface area (Å²) < 4.78 is 37.6. The van der Waals surface area contributed by atoms with Crippen LogP contribution in [0.1, 0.15) is 18.5 Å². The van der Waals surface area contributed by atoms with Gasteiger partial charge < -0.3 is 10.6 Å². The predicted molar refractivity (Wildman–Crippen MR) is 101 cm³/mol. The number of halogens is 3. The maximum absolute atomic E-state index is 12.5. The van der Waals surface area contributed by atoms with Crippen LogP contribution in [0, 0.1) is 11.3 Å². The molecule has 0 radical (unpaired) electrons. The van der Waals surface area contributed by atoms with Crippen LogP contribution in [0.25, 0.3) is 11.1 Å². The fourth-order valence-electron chi connectivity index (χ4n) is 3.09. The number of hydrogen-bond donors (Lipinski definition) is 2. The number of pyridine rings is 1. The Bertz CT molecular complexity index is 1040. The van der Waals surface area contributed by atoms with E-state index in [-0.39, 0.29) is 11.3 Å². The van der Waals surface area contributed by atoms with Crippen molar-refractivity contribution in [2.45, 2.75) is 19.1 Å². The lowest BCUT2D eigenvalue weighted by atomic mass is 9.92. The molecule has 154 valence electrons. The predicted octanol–water partition coefficient (Wildman–Crippen LogP) is 3.88. The normalized spacial score (nSPS) is 16.7. The summed E-state index contributed by atoms with van der Waals surface area (Å²) in [5, 5.41) is 13.7. The molecule has 1 aliphatic rings. The number of allylic oxidation sites excluding steroid dienone is 1. The van der Waals surface area contributed by atoms with Crippen molar-refractivity contribution in [2.75, 3.05) is 6.54 Å². The number of hydrogen-bond acceptors (Lipinski definition) is 4. The van der Waals surface area contributed by atoms with Crippen LogP contribution in [0.3, 0.4) is 0 Å². The van der Waals surface area contributed by atoms with Crippen molar-refractivity contribution in [3.63, 3.8) is 0 Å². The molecule has 10 heteroatoms. The third kappa shape index (κ3) is 4.41. The summed E-state index contributed by atoms with van der Waals surface area (Å²) in [5.41, 5.74) is 2.12. The molecule has 0 saturated carbocycles. The van der Waals surface area contributed by atoms with E-state index >= 15 is 0 Å². The first kappa shape index (κ1) is 20.9. The van der Waals surface area contributed by atoms with Gasteiger partial charge in [-0.3, -0.25) is 4.98 Å². The van der Waals surface area contributed by atoms with Gasteiger partial charge in [-0.25, -0.2) is 14.5 Å². The van der Waals surface area contributed by atoms with Gasteiger partial charge in [-0.15, -0.1) is 0 Å². The molecule has 30 heavy (non-hydrogen) atoms. The molecule has 0 spiro atoms. The lowest BCUT2D eigenvalue weighted by Crippen LogP contribution is -2.54. The average Bonchev–Trinajstić information content (AvgIpc) is 2.72. The van der Waals surface area contributed by atoms with Crippen molar-refractivity contribution < 1.29 is 22.8 Å². The Kier molecular flexibility index (Phi) is 5.73. The zero-order chi connectivity index (χ0) is 21.9. The van der Waals surface area contributed by atoms with E-state index in [1.807, 2.05) is 6.07 Å². The second kappa shape index (κ2) is 8.24. The first-order valence-electron chi connectivity index (χ1n) is 8.77. The van der Waals surface area contributed by atoms with Gasteiger partial charge in [-0.05, 0) is 35.7 Å². The molecule has 1 aliphatic heterocycles. The van der Waals surface area contributed by atoms with E-state index in [9.17, 15) is 28.0 Å². The highest BCUT2D eigenvalue weighted by Crippen LogP contribution is 2.35. The fraction of sp³-hybridized carbons (Fsp3) is 0.200. The molecule has 2 N–H and O–H groups in total. The van der Waals surface area contributed by atoms with Crippen molar-refractivity contribution in [3.8, 4) is 17.2 Å². The lowest BCUT2D eigenvalue weighted by molar-refractivity contribution is -0.123. The van der Waals surface area contributed by atoms with Gasteiger partial charge in [0, 0.05) is 18.1 Å². The van der Waals surface area contributed by atoms with Crippen molar-refractivity contribution in [2.24, 2.45) is 0 Å². The largest absolute Gasteiger partial charge is 0.405 e. The number of rotatable bonds is 3. The Balaban J connectivity index is 2.05. The summed E-state index contributed by atoms with van der Waals surface area (Å²) in [5.74, 6) is 0. The Hall–Kier alpha value is -3.87. The molecule has 3 rings (SSSR count). The fourth-order valence-corrected chi connectivity index (χ4v) is 3.09. The first-order valence-corrected chi connectivity index (χ1v) is 8.77. The smallest absolute Gasteiger partial charge is 0.328 e. The Labute approximate surface area is 169 Å². The number of benzene rings is 1. The molecular formula is C20H16F3N5O2. The minimum Gasteiger partial charge on any atom is -0.328 e. The summed E-state index contributed by atoms with van der Waals surface area (Å²) in [6, 6.07) is 8.81. The summed E-state index contributed by atoms with van der Waals surface area (Å²) in [4.78, 5) is 29.6. The quantitative estimate of drug-likeness (QED) is 0.795. The molecule has 1 aromatic heterocycles. The van der Waals surface area contributed by atoms with Gasteiger partial charge in [0.05, 0.1) is 11.6 Å². The lowest BCUT2D eigenvalue weighted by Gasteiger charge is -2.35. The van der Waals surface area contributed by atoms with Crippen molar-refractivity contribution in [1.29, 1.82) is 5.26 Å². The van der Waals surface area contributed by atoms with E-state index < -0.39 is 30.8 Å². The average molecular weight is 415 g/mol. The Morgan fingerprint density at radius 3 is 2.67 bits per heavy atom. The van der Waals surface area contributed by atoms with Gasteiger partial charge in [0.2, 0.25) is 0 Å². The Morgan fingerprint density at radius 2 is 2.03 bits per heavy atom. The van der Waals surface area contributed by atoms with Crippen LogP contribution < -0.4 is 10.6 Å². The van der Waals surface area contributed by atoms with Crippen LogP contribution in [0.5, 0.6) is 0 Å². The molecule has 2 aromatic rings. The van der Waals surface area contributed by atoms with Crippen LogP contribution in [0.2, 0.25) is 0 Å². The van der Waals surface area contributed by atoms with E-state index in [1.54, 1.807) is 54.1 Å². The first-order chi connectivity index (χ1) is 14.2. The number of carbonyl (C=O) groups excluding carboxylic acids is 2. The maximum atomic E-state index is 12.5. The zero-order valence-electron chi connectivity index (χ0n) is 15.7. The van der Waals surface area contributed by atoms with Crippen molar-refractivity contribution >= 4 is 12.1 Å². The SMILES string of the molecule is CC1=C(C#N)C(c2cccc(-c3cccnc3)c2)N(C(=O)NCC(F)(F)F)C(=O)N1. The molecule has 4 amide bonds. The van der Waals surface area contributed by atoms with Crippen LogP contribution in [-0.2, 0) is 0 Å². The standard InChI is InChI=1S/C20H16F3N5O2/c1-12-16(9-24)17(28(19(30)27-12)18(29)26-11-20(21,22)23)14-5-2-4-13(8-14)15-6-3-7-25-10-15/h2-8,10,17H,11H2,1H3,(H,26,29)(H,27,30). The molecule has 1 unspecified atom stereocenters. The van der Waals surface area contributed by atoms with E-state index in [2.05, 4.69) is 10.3 Å². The van der Waals surface area contributed by atoms with Gasteiger partial charge in [0.15, 0.2) is 0 Å². The molecule has 1 atom stereocenters. The van der Waals surface area contributed by atoms with Crippen molar-refractivity contribution in [3.05, 3.63) is 65.6 Å². The third-order valence-corrected chi connectivity index (χ3v) is 4.43. The second-order valence-electron chi connectivity index (χ2n) is 6.49. The van der Waals surface area contributed by atoms with Gasteiger partial charge >= 0.3 is 18.2 Å². The van der Waals surface area contributed by atoms with E-state index in [0.717, 1.165) is 5.56 Å². The van der Waals surface area contributed by atoms with Crippen LogP contribution in [0.15, 0.2) is 60.1 Å². The molecule has 7 nitrogen and oxygen atoms in total. The molecule has 2 heterocycles. The third-order valence-electron chi connectivity index (χ3n) is 4.43. The second-order valence-corrected chi connectivity index (χ2v) is 6.49. The topological polar surface area (TPSA) is 98.1 Å². The highest BCUT2D eigenvalue weighted by molar-refractivity contribution is 5.96. The number of aromatic nitrogens is 1. The summed E-state index contributed by atoms with van der Waals surface area (Å²) in [6.07, 6.45) is -1.43. The molecule has 0 aliphatic carbocycles. The van der Waals surface area contributed by atoms with Gasteiger partial charge in [0.25, 0.3) is 0 Å². The summed E-state index contributed by atoms with van der Waals surface area (Å²) in [7, 11) is 0. The Morgan fingerprint density at radius 1 is 1.30 bits per heavy atom. The number of nitriles is 1. The maximum Gasteiger partial charge on any atom is 0.405 e. The van der Waals surface area contributed by atoms with Gasteiger partial charge in [-0.1, -0.05) is 24.3 Å².